The summed E-state index contributed by atoms with van der Waals surface area (Å²) in [6, 6.07) is 13.5. The van der Waals surface area contributed by atoms with Crippen LogP contribution in [-0.2, 0) is 0 Å². The molecule has 0 spiro atoms. The molecule has 1 fully saturated rings. The van der Waals surface area contributed by atoms with E-state index < -0.39 is 0 Å². The number of piperazine rings is 1. The number of phenols is 2. The molecule has 1 amide bonds. The number of aromatic hydroxyl groups is 2. The van der Waals surface area contributed by atoms with Crippen LogP contribution in [-0.4, -0.2) is 72.8 Å². The molecular formula is C22H29N5O3. The molecule has 0 radical (unpaired) electrons. The monoisotopic (exact) mass is 411 g/mol. The lowest BCUT2D eigenvalue weighted by molar-refractivity contribution is 0.0954. The molecular weight excluding hydrogens is 382 g/mol. The molecule has 2 aromatic rings. The molecule has 0 atom stereocenters. The summed E-state index contributed by atoms with van der Waals surface area (Å²) < 4.78 is 0. The number of carbonyl (C=O) groups is 1. The third kappa shape index (κ3) is 5.56. The molecule has 1 saturated heterocycles. The second-order valence-corrected chi connectivity index (χ2v) is 7.00. The highest BCUT2D eigenvalue weighted by Gasteiger charge is 2.21. The number of aliphatic imine (C=N–C) groups is 1. The van der Waals surface area contributed by atoms with Gasteiger partial charge in [0.05, 0.1) is 12.2 Å². The van der Waals surface area contributed by atoms with Crippen LogP contribution >= 0.6 is 0 Å². The van der Waals surface area contributed by atoms with E-state index in [0.717, 1.165) is 44.4 Å². The number of anilines is 1. The smallest absolute Gasteiger partial charge is 0.251 e. The topological polar surface area (TPSA) is 100 Å². The molecule has 1 aliphatic rings. The molecule has 0 saturated carbocycles. The maximum Gasteiger partial charge on any atom is 0.251 e. The summed E-state index contributed by atoms with van der Waals surface area (Å²) in [6.45, 7) is 6.84. The lowest BCUT2D eigenvalue weighted by Gasteiger charge is -2.37. The second-order valence-electron chi connectivity index (χ2n) is 7.00. The lowest BCUT2D eigenvalue weighted by Crippen LogP contribution is -2.52. The van der Waals surface area contributed by atoms with Crippen LogP contribution in [0.15, 0.2) is 53.5 Å². The van der Waals surface area contributed by atoms with Crippen molar-refractivity contribution < 1.29 is 15.0 Å². The Bertz CT molecular complexity index is 861. The van der Waals surface area contributed by atoms with E-state index in [1.807, 2.05) is 25.1 Å². The van der Waals surface area contributed by atoms with Gasteiger partial charge in [-0.05, 0) is 43.3 Å². The van der Waals surface area contributed by atoms with Gasteiger partial charge in [-0.1, -0.05) is 12.1 Å². The first-order chi connectivity index (χ1) is 14.6. The number of guanidine groups is 1. The van der Waals surface area contributed by atoms with Crippen LogP contribution in [0, 0.1) is 0 Å². The van der Waals surface area contributed by atoms with E-state index in [-0.39, 0.29) is 11.7 Å². The van der Waals surface area contributed by atoms with Crippen LogP contribution in [0.25, 0.3) is 0 Å². The van der Waals surface area contributed by atoms with Gasteiger partial charge < -0.3 is 30.6 Å². The van der Waals surface area contributed by atoms with Crippen LogP contribution < -0.4 is 15.5 Å². The van der Waals surface area contributed by atoms with Gasteiger partial charge in [0.1, 0.15) is 11.5 Å². The molecule has 4 N–H and O–H groups in total. The number of para-hydroxylation sites is 2. The average Bonchev–Trinajstić information content (AvgIpc) is 2.77. The SMILES string of the molecule is CCNC(=NCCNC(=O)c1ccc(O)cc1)N1CCN(c2ccccc2O)CC1. The molecule has 8 nitrogen and oxygen atoms in total. The summed E-state index contributed by atoms with van der Waals surface area (Å²) in [5.41, 5.74) is 1.36. The fourth-order valence-corrected chi connectivity index (χ4v) is 3.36. The Morgan fingerprint density at radius 3 is 2.37 bits per heavy atom. The highest BCUT2D eigenvalue weighted by molar-refractivity contribution is 5.94. The van der Waals surface area contributed by atoms with Gasteiger partial charge in [-0.3, -0.25) is 9.79 Å². The summed E-state index contributed by atoms with van der Waals surface area (Å²) in [6.07, 6.45) is 0. The molecule has 2 aromatic carbocycles. The fraction of sp³-hybridized carbons (Fsp3) is 0.364. The molecule has 1 heterocycles. The van der Waals surface area contributed by atoms with E-state index >= 15 is 0 Å². The van der Waals surface area contributed by atoms with Gasteiger partial charge >= 0.3 is 0 Å². The second kappa shape index (κ2) is 10.4. The van der Waals surface area contributed by atoms with E-state index in [4.69, 9.17) is 0 Å². The minimum absolute atomic E-state index is 0.133. The highest BCUT2D eigenvalue weighted by Crippen LogP contribution is 2.27. The number of hydrogen-bond donors (Lipinski definition) is 4. The molecule has 0 bridgehead atoms. The van der Waals surface area contributed by atoms with Crippen molar-refractivity contribution in [3.05, 3.63) is 54.1 Å². The Hall–Kier alpha value is -3.42. The van der Waals surface area contributed by atoms with Crippen molar-refractivity contribution in [2.75, 3.05) is 50.7 Å². The number of carbonyl (C=O) groups excluding carboxylic acids is 1. The third-order valence-electron chi connectivity index (χ3n) is 4.92. The van der Waals surface area contributed by atoms with Gasteiger partial charge in [-0.15, -0.1) is 0 Å². The number of hydrogen-bond acceptors (Lipinski definition) is 5. The predicted molar refractivity (Wildman–Crippen MR) is 118 cm³/mol. The van der Waals surface area contributed by atoms with Crippen molar-refractivity contribution in [2.45, 2.75) is 6.92 Å². The first kappa shape index (κ1) is 21.3. The molecule has 160 valence electrons. The normalized spacial score (nSPS) is 14.5. The molecule has 3 rings (SSSR count). The Balaban J connectivity index is 1.50. The third-order valence-corrected chi connectivity index (χ3v) is 4.92. The zero-order chi connectivity index (χ0) is 21.3. The Morgan fingerprint density at radius 1 is 1.00 bits per heavy atom. The number of benzene rings is 2. The van der Waals surface area contributed by atoms with E-state index in [1.165, 1.54) is 12.1 Å². The van der Waals surface area contributed by atoms with Crippen molar-refractivity contribution in [1.82, 2.24) is 15.5 Å². The van der Waals surface area contributed by atoms with Gasteiger partial charge in [0, 0.05) is 44.8 Å². The molecule has 0 aliphatic carbocycles. The van der Waals surface area contributed by atoms with Gasteiger partial charge in [0.15, 0.2) is 5.96 Å². The van der Waals surface area contributed by atoms with Crippen LogP contribution in [0.5, 0.6) is 11.5 Å². The minimum atomic E-state index is -0.188. The minimum Gasteiger partial charge on any atom is -0.508 e. The number of nitrogens with one attached hydrogen (secondary N) is 2. The summed E-state index contributed by atoms with van der Waals surface area (Å²) in [4.78, 5) is 21.1. The van der Waals surface area contributed by atoms with Crippen molar-refractivity contribution in [3.8, 4) is 11.5 Å². The predicted octanol–water partition coefficient (Wildman–Crippen LogP) is 1.62. The van der Waals surface area contributed by atoms with Gasteiger partial charge in [-0.25, -0.2) is 0 Å². The summed E-state index contributed by atoms with van der Waals surface area (Å²) in [5, 5.41) is 25.5. The molecule has 1 aliphatic heterocycles. The zero-order valence-electron chi connectivity index (χ0n) is 17.2. The zero-order valence-corrected chi connectivity index (χ0v) is 17.2. The molecule has 0 aromatic heterocycles. The van der Waals surface area contributed by atoms with Gasteiger partial charge in [0.2, 0.25) is 0 Å². The number of amides is 1. The van der Waals surface area contributed by atoms with E-state index in [1.54, 1.807) is 18.2 Å². The van der Waals surface area contributed by atoms with E-state index in [0.29, 0.717) is 24.4 Å². The number of phenolic OH excluding ortho intramolecular Hbond substituents is 2. The number of nitrogens with zero attached hydrogens (tertiary/aromatic N) is 3. The van der Waals surface area contributed by atoms with Crippen LogP contribution in [0.1, 0.15) is 17.3 Å². The Morgan fingerprint density at radius 2 is 1.70 bits per heavy atom. The molecule has 8 heteroatoms. The molecule has 30 heavy (non-hydrogen) atoms. The Labute approximate surface area is 176 Å². The Kier molecular flexibility index (Phi) is 7.37. The van der Waals surface area contributed by atoms with Crippen molar-refractivity contribution in [3.63, 3.8) is 0 Å². The van der Waals surface area contributed by atoms with E-state index in [2.05, 4.69) is 25.4 Å². The largest absolute Gasteiger partial charge is 0.508 e. The average molecular weight is 412 g/mol. The quantitative estimate of drug-likeness (QED) is 0.327. The van der Waals surface area contributed by atoms with Crippen LogP contribution in [0.2, 0.25) is 0 Å². The molecule has 0 unspecified atom stereocenters. The van der Waals surface area contributed by atoms with Crippen molar-refractivity contribution in [1.29, 1.82) is 0 Å². The standard InChI is InChI=1S/C22H29N5O3/c1-2-23-22(25-12-11-24-21(30)17-7-9-18(28)10-8-17)27-15-13-26(14-16-27)19-5-3-4-6-20(19)29/h3-10,28-29H,2,11-16H2,1H3,(H,23,25)(H,24,30). The van der Waals surface area contributed by atoms with Crippen LogP contribution in [0.4, 0.5) is 5.69 Å². The summed E-state index contributed by atoms with van der Waals surface area (Å²) >= 11 is 0. The number of rotatable bonds is 6. The summed E-state index contributed by atoms with van der Waals surface area (Å²) in [5.74, 6) is 1.07. The van der Waals surface area contributed by atoms with Gasteiger partial charge in [0.25, 0.3) is 5.91 Å². The van der Waals surface area contributed by atoms with Crippen molar-refractivity contribution >= 4 is 17.6 Å². The van der Waals surface area contributed by atoms with Crippen molar-refractivity contribution in [2.24, 2.45) is 4.99 Å². The van der Waals surface area contributed by atoms with E-state index in [9.17, 15) is 15.0 Å². The summed E-state index contributed by atoms with van der Waals surface area (Å²) in [7, 11) is 0. The van der Waals surface area contributed by atoms with Crippen LogP contribution in [0.3, 0.4) is 0 Å². The first-order valence-electron chi connectivity index (χ1n) is 10.2. The lowest BCUT2D eigenvalue weighted by atomic mass is 10.2. The fourth-order valence-electron chi connectivity index (χ4n) is 3.36. The maximum absolute atomic E-state index is 12.1. The van der Waals surface area contributed by atoms with Gasteiger partial charge in [-0.2, -0.15) is 0 Å². The maximum atomic E-state index is 12.1. The highest BCUT2D eigenvalue weighted by atomic mass is 16.3. The first-order valence-corrected chi connectivity index (χ1v) is 10.2.